The summed E-state index contributed by atoms with van der Waals surface area (Å²) in [4.78, 5) is 26.0. The van der Waals surface area contributed by atoms with E-state index in [-0.39, 0.29) is 22.8 Å². The van der Waals surface area contributed by atoms with Gasteiger partial charge in [0.2, 0.25) is 5.91 Å². The van der Waals surface area contributed by atoms with Crippen molar-refractivity contribution >= 4 is 21.7 Å². The Hall–Kier alpha value is -2.67. The van der Waals surface area contributed by atoms with Gasteiger partial charge in [0.25, 0.3) is 10.0 Å². The van der Waals surface area contributed by atoms with Gasteiger partial charge in [-0.15, -0.1) is 0 Å². The van der Waals surface area contributed by atoms with Gasteiger partial charge in [0.1, 0.15) is 10.6 Å². The molecule has 0 aromatic heterocycles. The zero-order valence-corrected chi connectivity index (χ0v) is 22.2. The Balaban J connectivity index is 2.57. The van der Waals surface area contributed by atoms with Crippen LogP contribution < -0.4 is 4.74 Å². The second kappa shape index (κ2) is 11.6. The topological polar surface area (TPSA) is 80.8 Å². The fourth-order valence-corrected chi connectivity index (χ4v) is 5.62. The van der Waals surface area contributed by atoms with E-state index in [0.717, 1.165) is 38.5 Å². The first-order chi connectivity index (χ1) is 16.0. The average molecular weight is 488 g/mol. The number of rotatable bonds is 11. The van der Waals surface area contributed by atoms with Crippen LogP contribution in [0.3, 0.4) is 0 Å². The molecule has 34 heavy (non-hydrogen) atoms. The van der Waals surface area contributed by atoms with E-state index in [9.17, 15) is 18.0 Å². The average Bonchev–Trinajstić information content (AvgIpc) is 2.81. The molecule has 0 aliphatic heterocycles. The fraction of sp³-hybridized carbons (Fsp3) is 0.481. The molecule has 0 spiro atoms. The Morgan fingerprint density at radius 1 is 0.971 bits per heavy atom. The summed E-state index contributed by atoms with van der Waals surface area (Å²) in [5, 5.41) is 0. The van der Waals surface area contributed by atoms with Crippen molar-refractivity contribution in [3.05, 3.63) is 58.1 Å². The van der Waals surface area contributed by atoms with Crippen LogP contribution in [0.2, 0.25) is 0 Å². The van der Waals surface area contributed by atoms with Gasteiger partial charge in [0.05, 0.1) is 13.7 Å². The van der Waals surface area contributed by atoms with Gasteiger partial charge >= 0.3 is 0 Å². The number of sulfonamides is 1. The summed E-state index contributed by atoms with van der Waals surface area (Å²) in [5.41, 5.74) is 4.88. The van der Waals surface area contributed by atoms with Gasteiger partial charge in [-0.05, 0) is 74.4 Å². The normalized spacial score (nSPS) is 12.3. The lowest BCUT2D eigenvalue weighted by molar-refractivity contribution is -0.134. The third-order valence-corrected chi connectivity index (χ3v) is 8.12. The third-order valence-electron chi connectivity index (χ3n) is 6.36. The minimum Gasteiger partial charge on any atom is -0.495 e. The van der Waals surface area contributed by atoms with Crippen molar-refractivity contribution in [3.8, 4) is 5.75 Å². The maximum atomic E-state index is 13.8. The lowest BCUT2D eigenvalue weighted by atomic mass is 9.91. The molecule has 0 saturated carbocycles. The number of carbonyl (C=O) groups excluding carboxylic acids is 2. The second-order valence-electron chi connectivity index (χ2n) is 8.76. The number of Topliss-reactive ketones (excluding diaryl/α,β-unsaturated/α-hetero) is 1. The summed E-state index contributed by atoms with van der Waals surface area (Å²) in [5.74, 6) is -1.30. The number of hydrogen-bond acceptors (Lipinski definition) is 5. The molecule has 0 radical (unpaired) electrons. The molecule has 6 nitrogen and oxygen atoms in total. The van der Waals surface area contributed by atoms with Gasteiger partial charge < -0.3 is 4.74 Å². The fourth-order valence-electron chi connectivity index (χ4n) is 3.96. The van der Waals surface area contributed by atoms with E-state index in [1.54, 1.807) is 19.9 Å². The lowest BCUT2D eigenvalue weighted by Crippen LogP contribution is -2.44. The molecule has 7 heteroatoms. The van der Waals surface area contributed by atoms with Gasteiger partial charge in [-0.3, -0.25) is 9.59 Å². The van der Waals surface area contributed by atoms with E-state index in [1.807, 2.05) is 26.8 Å². The molecule has 0 bridgehead atoms. The standard InChI is InChI=1S/C27H37NO5S/c1-8-21-12-11-18(4)13-23(21)16-22(9-2)27(30)28(17-24(29)10-3)34(31,32)26-15-20(6)19(5)14-25(26)33-7/h11-15,22H,8-10,16-17H2,1-7H3. The van der Waals surface area contributed by atoms with E-state index in [4.69, 9.17) is 4.74 Å². The number of ketones is 1. The number of ether oxygens (including phenoxy) is 1. The van der Waals surface area contributed by atoms with Crippen LogP contribution in [-0.2, 0) is 32.5 Å². The monoisotopic (exact) mass is 487 g/mol. The molecule has 2 aromatic carbocycles. The smallest absolute Gasteiger partial charge is 0.270 e. The largest absolute Gasteiger partial charge is 0.495 e. The van der Waals surface area contributed by atoms with Crippen LogP contribution >= 0.6 is 0 Å². The highest BCUT2D eigenvalue weighted by atomic mass is 32.2. The number of hydrogen-bond donors (Lipinski definition) is 0. The zero-order chi connectivity index (χ0) is 25.6. The van der Waals surface area contributed by atoms with Crippen molar-refractivity contribution < 1.29 is 22.7 Å². The minimum atomic E-state index is -4.32. The van der Waals surface area contributed by atoms with Crippen LogP contribution in [0.25, 0.3) is 0 Å². The molecule has 2 rings (SSSR count). The number of carbonyl (C=O) groups is 2. The van der Waals surface area contributed by atoms with Crippen LogP contribution in [0.15, 0.2) is 35.2 Å². The molecule has 0 fully saturated rings. The predicted octanol–water partition coefficient (Wildman–Crippen LogP) is 4.95. The molecule has 186 valence electrons. The van der Waals surface area contributed by atoms with Gasteiger partial charge in [-0.25, -0.2) is 12.7 Å². The van der Waals surface area contributed by atoms with Crippen molar-refractivity contribution in [3.63, 3.8) is 0 Å². The summed E-state index contributed by atoms with van der Waals surface area (Å²) in [6, 6.07) is 9.29. The molecular weight excluding hydrogens is 450 g/mol. The minimum absolute atomic E-state index is 0.102. The van der Waals surface area contributed by atoms with Gasteiger partial charge in [0, 0.05) is 12.3 Å². The van der Waals surface area contributed by atoms with E-state index < -0.39 is 28.4 Å². The van der Waals surface area contributed by atoms with Crippen LogP contribution in [-0.4, -0.2) is 38.1 Å². The van der Waals surface area contributed by atoms with E-state index in [0.29, 0.717) is 12.8 Å². The quantitative estimate of drug-likeness (QED) is 0.448. The summed E-state index contributed by atoms with van der Waals surface area (Å²) in [7, 11) is -2.93. The molecule has 0 saturated heterocycles. The SMILES string of the molecule is CCC(=O)CN(C(=O)C(CC)Cc1cc(C)ccc1CC)S(=O)(=O)c1cc(C)c(C)cc1OC. The maximum absolute atomic E-state index is 13.8. The predicted molar refractivity (Wildman–Crippen MR) is 135 cm³/mol. The number of aryl methyl sites for hydroxylation is 4. The van der Waals surface area contributed by atoms with Crippen molar-refractivity contribution in [2.24, 2.45) is 5.92 Å². The van der Waals surface area contributed by atoms with Crippen LogP contribution in [0.4, 0.5) is 0 Å². The Labute approximate surface area is 204 Å². The number of benzene rings is 2. The molecule has 0 heterocycles. The highest BCUT2D eigenvalue weighted by Crippen LogP contribution is 2.31. The lowest BCUT2D eigenvalue weighted by Gasteiger charge is -2.27. The van der Waals surface area contributed by atoms with Crippen LogP contribution in [0.5, 0.6) is 5.75 Å². The van der Waals surface area contributed by atoms with E-state index in [1.165, 1.54) is 13.2 Å². The van der Waals surface area contributed by atoms with Crippen molar-refractivity contribution in [2.45, 2.75) is 72.1 Å². The first-order valence-electron chi connectivity index (χ1n) is 11.8. The van der Waals surface area contributed by atoms with E-state index in [2.05, 4.69) is 19.1 Å². The summed E-state index contributed by atoms with van der Waals surface area (Å²) in [6.07, 6.45) is 1.82. The Kier molecular flexibility index (Phi) is 9.45. The van der Waals surface area contributed by atoms with Gasteiger partial charge in [-0.1, -0.05) is 44.5 Å². The van der Waals surface area contributed by atoms with Crippen LogP contribution in [0, 0.1) is 26.7 Å². The molecule has 1 amide bonds. The number of amides is 1. The summed E-state index contributed by atoms with van der Waals surface area (Å²) in [6.45, 7) is 10.7. The Bertz CT molecular complexity index is 1150. The Morgan fingerprint density at radius 3 is 2.18 bits per heavy atom. The molecule has 2 aromatic rings. The summed E-state index contributed by atoms with van der Waals surface area (Å²) < 4.78 is 33.7. The van der Waals surface area contributed by atoms with Gasteiger partial charge in [0.15, 0.2) is 5.78 Å². The molecule has 0 aliphatic rings. The maximum Gasteiger partial charge on any atom is 0.270 e. The second-order valence-corrected chi connectivity index (χ2v) is 10.6. The molecule has 1 unspecified atom stereocenters. The van der Waals surface area contributed by atoms with Crippen molar-refractivity contribution in [1.29, 1.82) is 0 Å². The highest BCUT2D eigenvalue weighted by Gasteiger charge is 2.36. The van der Waals surface area contributed by atoms with Crippen molar-refractivity contribution in [2.75, 3.05) is 13.7 Å². The number of methoxy groups -OCH3 is 1. The first-order valence-corrected chi connectivity index (χ1v) is 13.3. The third kappa shape index (κ3) is 6.06. The molecule has 1 atom stereocenters. The molecular formula is C27H37NO5S. The first kappa shape index (κ1) is 27.6. The molecule has 0 aliphatic carbocycles. The van der Waals surface area contributed by atoms with Crippen molar-refractivity contribution in [1.82, 2.24) is 4.31 Å². The van der Waals surface area contributed by atoms with E-state index >= 15 is 0 Å². The van der Waals surface area contributed by atoms with Crippen LogP contribution in [0.1, 0.15) is 61.4 Å². The summed E-state index contributed by atoms with van der Waals surface area (Å²) >= 11 is 0. The number of nitrogens with zero attached hydrogens (tertiary/aromatic N) is 1. The molecule has 0 N–H and O–H groups in total. The highest BCUT2D eigenvalue weighted by molar-refractivity contribution is 7.89. The Morgan fingerprint density at radius 2 is 1.62 bits per heavy atom. The van der Waals surface area contributed by atoms with Gasteiger partial charge in [-0.2, -0.15) is 0 Å². The zero-order valence-electron chi connectivity index (χ0n) is 21.4.